The number of thiocarbonyl (C=S) groups is 1. The lowest BCUT2D eigenvalue weighted by Crippen LogP contribution is -2.38. The Balaban J connectivity index is 2.31. The summed E-state index contributed by atoms with van der Waals surface area (Å²) in [7, 11) is 0. The highest BCUT2D eigenvalue weighted by Crippen LogP contribution is 2.04. The molecule has 0 spiro atoms. The van der Waals surface area contributed by atoms with E-state index in [0.717, 1.165) is 42.6 Å². The number of hydrogen-bond acceptors (Lipinski definition) is 4. The Kier molecular flexibility index (Phi) is 3.41. The smallest absolute Gasteiger partial charge is 0.237 e. The van der Waals surface area contributed by atoms with E-state index in [2.05, 4.69) is 4.90 Å². The standard InChI is InChI=1S/C5H10N2OS2/c6-10-5(9)7-1-3-8-4-2-7/h1-4,6H2/q+1. The van der Waals surface area contributed by atoms with Crippen molar-refractivity contribution in [1.29, 1.82) is 0 Å². The van der Waals surface area contributed by atoms with Crippen molar-refractivity contribution in [1.82, 2.24) is 4.90 Å². The summed E-state index contributed by atoms with van der Waals surface area (Å²) in [6.45, 7) is 3.29. The molecule has 0 aromatic carbocycles. The lowest BCUT2D eigenvalue weighted by Gasteiger charge is -2.21. The second kappa shape index (κ2) is 4.12. The summed E-state index contributed by atoms with van der Waals surface area (Å²) in [6, 6.07) is 0. The first-order valence-corrected chi connectivity index (χ1v) is 4.37. The highest BCUT2D eigenvalue weighted by atomic mass is 32.2. The summed E-state index contributed by atoms with van der Waals surface area (Å²) in [5.74, 6) is 0. The Morgan fingerprint density at radius 1 is 1.50 bits per heavy atom. The monoisotopic (exact) mass is 178 g/mol. The summed E-state index contributed by atoms with van der Waals surface area (Å²) in [5, 5.41) is 5.30. The maximum absolute atomic E-state index is 5.30. The van der Waals surface area contributed by atoms with Crippen LogP contribution in [0.25, 0.3) is 0 Å². The molecule has 57 valence electrons. The van der Waals surface area contributed by atoms with E-state index in [-0.39, 0.29) is 0 Å². The zero-order chi connectivity index (χ0) is 7.40. The van der Waals surface area contributed by atoms with Crippen molar-refractivity contribution in [2.24, 2.45) is 5.14 Å². The van der Waals surface area contributed by atoms with Gasteiger partial charge in [0.15, 0.2) is 4.32 Å². The molecule has 0 unspecified atom stereocenters. The van der Waals surface area contributed by atoms with Gasteiger partial charge in [0.05, 0.1) is 13.1 Å². The van der Waals surface area contributed by atoms with E-state index in [1.807, 2.05) is 0 Å². The average molecular weight is 178 g/mol. The van der Waals surface area contributed by atoms with Gasteiger partial charge in [0.2, 0.25) is 13.2 Å². The van der Waals surface area contributed by atoms with Crippen LogP contribution in [0.4, 0.5) is 0 Å². The Morgan fingerprint density at radius 3 is 2.60 bits per heavy atom. The molecule has 1 heterocycles. The van der Waals surface area contributed by atoms with Crippen LogP contribution >= 0.6 is 24.2 Å². The molecule has 0 aromatic rings. The summed E-state index contributed by atoms with van der Waals surface area (Å²) >= 11 is 6.12. The minimum Gasteiger partial charge on any atom is -0.341 e. The van der Waals surface area contributed by atoms with Crippen LogP contribution in [0.2, 0.25) is 0 Å². The first-order chi connectivity index (χ1) is 4.84. The minimum absolute atomic E-state index is 0.765. The van der Waals surface area contributed by atoms with Crippen LogP contribution in [0.3, 0.4) is 0 Å². The fraction of sp³-hybridized carbons (Fsp3) is 0.800. The molecular formula is C5H10N2OS2+. The highest BCUT2D eigenvalue weighted by Gasteiger charge is 2.19. The van der Waals surface area contributed by atoms with Crippen LogP contribution in [0.5, 0.6) is 0 Å². The molecule has 0 bridgehead atoms. The molecule has 1 fully saturated rings. The zero-order valence-electron chi connectivity index (χ0n) is 5.58. The van der Waals surface area contributed by atoms with Crippen molar-refractivity contribution >= 4 is 28.5 Å². The van der Waals surface area contributed by atoms with Crippen LogP contribution in [0.1, 0.15) is 0 Å². The number of rotatable bonds is 0. The van der Waals surface area contributed by atoms with Crippen LogP contribution in [-0.2, 0) is 4.74 Å². The molecule has 10 heavy (non-hydrogen) atoms. The molecule has 1 radical (unpaired) electrons. The number of morpholine rings is 1. The normalized spacial score (nSPS) is 19.1. The van der Waals surface area contributed by atoms with Gasteiger partial charge in [-0.2, -0.15) is 0 Å². The molecule has 0 amide bonds. The van der Waals surface area contributed by atoms with Gasteiger partial charge in [-0.25, -0.2) is 0 Å². The third kappa shape index (κ3) is 2.09. The van der Waals surface area contributed by atoms with Gasteiger partial charge >= 0.3 is 0 Å². The SMILES string of the molecule is NSC(=S)N1CC[O+]CC1. The molecule has 5 heteroatoms. The van der Waals surface area contributed by atoms with Crippen molar-refractivity contribution < 1.29 is 4.74 Å². The summed E-state index contributed by atoms with van der Waals surface area (Å²) in [5.41, 5.74) is 0. The van der Waals surface area contributed by atoms with E-state index >= 15 is 0 Å². The molecule has 2 N–H and O–H groups in total. The summed E-state index contributed by atoms with van der Waals surface area (Å²) in [4.78, 5) is 2.06. The minimum atomic E-state index is 0.765. The number of hydrogen-bond donors (Lipinski definition) is 1. The highest BCUT2D eigenvalue weighted by molar-refractivity contribution is 8.21. The first-order valence-electron chi connectivity index (χ1n) is 3.08. The summed E-state index contributed by atoms with van der Waals surface area (Å²) in [6.07, 6.45) is 0. The molecule has 1 aliphatic heterocycles. The molecular weight excluding hydrogens is 168 g/mol. The topological polar surface area (TPSA) is 40.6 Å². The van der Waals surface area contributed by atoms with Gasteiger partial charge in [0.1, 0.15) is 0 Å². The fourth-order valence-electron chi connectivity index (χ4n) is 0.820. The van der Waals surface area contributed by atoms with Crippen LogP contribution < -0.4 is 5.14 Å². The molecule has 0 atom stereocenters. The number of nitrogens with zero attached hydrogens (tertiary/aromatic N) is 1. The lowest BCUT2D eigenvalue weighted by molar-refractivity contribution is 0.0702. The van der Waals surface area contributed by atoms with Gasteiger partial charge in [-0.3, -0.25) is 5.14 Å². The molecule has 1 rings (SSSR count). The Bertz CT molecular complexity index is 125. The summed E-state index contributed by atoms with van der Waals surface area (Å²) < 4.78 is 5.91. The molecule has 3 nitrogen and oxygen atoms in total. The van der Waals surface area contributed by atoms with Gasteiger partial charge in [-0.05, 0) is 11.9 Å². The van der Waals surface area contributed by atoms with E-state index in [1.54, 1.807) is 0 Å². The predicted octanol–water partition coefficient (Wildman–Crippen LogP) is 0.210. The largest absolute Gasteiger partial charge is 0.341 e. The second-order valence-electron chi connectivity index (χ2n) is 1.98. The van der Waals surface area contributed by atoms with Gasteiger partial charge in [-0.1, -0.05) is 12.2 Å². The van der Waals surface area contributed by atoms with Gasteiger partial charge in [-0.15, -0.1) is 4.74 Å². The van der Waals surface area contributed by atoms with E-state index in [4.69, 9.17) is 22.1 Å². The lowest BCUT2D eigenvalue weighted by atomic mass is 10.5. The Hall–Kier alpha value is 0.160. The van der Waals surface area contributed by atoms with Crippen LogP contribution in [0.15, 0.2) is 0 Å². The molecule has 0 aliphatic carbocycles. The average Bonchev–Trinajstić information content (AvgIpc) is 2.05. The van der Waals surface area contributed by atoms with E-state index in [9.17, 15) is 0 Å². The van der Waals surface area contributed by atoms with Gasteiger partial charge in [0.25, 0.3) is 0 Å². The predicted molar refractivity (Wildman–Crippen MR) is 46.8 cm³/mol. The number of nitrogens with two attached hydrogens (primary N) is 1. The second-order valence-corrected chi connectivity index (χ2v) is 3.25. The third-order valence-corrected chi connectivity index (χ3v) is 2.38. The Labute approximate surface area is 70.0 Å². The van der Waals surface area contributed by atoms with Gasteiger partial charge < -0.3 is 4.90 Å². The molecule has 1 aliphatic rings. The number of ether oxygens (including phenoxy) is 1. The van der Waals surface area contributed by atoms with E-state index in [0.29, 0.717) is 0 Å². The van der Waals surface area contributed by atoms with E-state index in [1.165, 1.54) is 0 Å². The van der Waals surface area contributed by atoms with Crippen LogP contribution in [0, 0.1) is 0 Å². The molecule has 1 saturated heterocycles. The Morgan fingerprint density at radius 2 is 2.10 bits per heavy atom. The fourth-order valence-corrected chi connectivity index (χ4v) is 1.33. The van der Waals surface area contributed by atoms with Crippen molar-refractivity contribution in [3.8, 4) is 0 Å². The van der Waals surface area contributed by atoms with Crippen molar-refractivity contribution in [2.45, 2.75) is 0 Å². The van der Waals surface area contributed by atoms with Crippen molar-refractivity contribution in [2.75, 3.05) is 26.3 Å². The van der Waals surface area contributed by atoms with Crippen molar-refractivity contribution in [3.05, 3.63) is 0 Å². The van der Waals surface area contributed by atoms with Gasteiger partial charge in [0, 0.05) is 0 Å². The van der Waals surface area contributed by atoms with Crippen LogP contribution in [-0.4, -0.2) is 35.5 Å². The quantitative estimate of drug-likeness (QED) is 0.326. The van der Waals surface area contributed by atoms with Crippen molar-refractivity contribution in [3.63, 3.8) is 0 Å². The first kappa shape index (κ1) is 8.26. The van der Waals surface area contributed by atoms with E-state index < -0.39 is 0 Å². The zero-order valence-corrected chi connectivity index (χ0v) is 7.21. The maximum Gasteiger partial charge on any atom is 0.237 e. The maximum atomic E-state index is 5.30. The third-order valence-electron chi connectivity index (χ3n) is 1.37. The molecule has 0 aromatic heterocycles. The molecule has 0 saturated carbocycles.